The fourth-order valence-corrected chi connectivity index (χ4v) is 0.757. The van der Waals surface area contributed by atoms with Gasteiger partial charge in [-0.2, -0.15) is 0 Å². The summed E-state index contributed by atoms with van der Waals surface area (Å²) in [7, 11) is 0. The summed E-state index contributed by atoms with van der Waals surface area (Å²) in [6.45, 7) is 13.2. The molecule has 0 aliphatic heterocycles. The lowest BCUT2D eigenvalue weighted by Crippen LogP contribution is -2.47. The lowest BCUT2D eigenvalue weighted by atomic mass is 10.5. The predicted molar refractivity (Wildman–Crippen MR) is 53.9 cm³/mol. The Labute approximate surface area is 88.5 Å². The molecule has 0 spiro atoms. The maximum absolute atomic E-state index is 9.80. The number of ether oxygens (including phenoxy) is 4. The van der Waals surface area contributed by atoms with Crippen LogP contribution in [0.25, 0.3) is 0 Å². The Bertz CT molecular complexity index is 216. The Morgan fingerprint density at radius 2 is 1.27 bits per heavy atom. The zero-order valence-electron chi connectivity index (χ0n) is 8.30. The summed E-state index contributed by atoms with van der Waals surface area (Å²) >= 11 is 0. The first-order valence-electron chi connectivity index (χ1n) is 3.97. The van der Waals surface area contributed by atoms with E-state index >= 15 is 0 Å². The molecule has 0 aromatic rings. The Morgan fingerprint density at radius 3 is 1.53 bits per heavy atom. The highest BCUT2D eigenvalue weighted by molar-refractivity contribution is 4.72. The molecule has 0 bridgehead atoms. The summed E-state index contributed by atoms with van der Waals surface area (Å²) in [6, 6.07) is 0. The minimum Gasteiger partial charge on any atom is -0.454 e. The molecular formula is C10H14O5. The van der Waals surface area contributed by atoms with Crippen molar-refractivity contribution in [2.24, 2.45) is 0 Å². The predicted octanol–water partition coefficient (Wildman–Crippen LogP) is 1.60. The molecular weight excluding hydrogens is 200 g/mol. The van der Waals surface area contributed by atoms with E-state index in [0.717, 1.165) is 25.0 Å². The molecule has 0 aromatic carbocycles. The largest absolute Gasteiger partial charge is 0.454 e. The smallest absolute Gasteiger partial charge is 0.447 e. The van der Waals surface area contributed by atoms with Gasteiger partial charge in [-0.3, -0.25) is 0 Å². The fourth-order valence-electron chi connectivity index (χ4n) is 0.757. The number of rotatable bonds is 9. The fraction of sp³-hybridized carbons (Fsp3) is 0.200. The van der Waals surface area contributed by atoms with E-state index in [1.54, 1.807) is 0 Å². The minimum atomic E-state index is -2.20. The van der Waals surface area contributed by atoms with Gasteiger partial charge in [0.15, 0.2) is 0 Å². The Morgan fingerprint density at radius 1 is 0.867 bits per heavy atom. The molecule has 0 radical (unpaired) electrons. The van der Waals surface area contributed by atoms with Crippen LogP contribution in [0, 0.1) is 0 Å². The van der Waals surface area contributed by atoms with Crippen LogP contribution in [0.4, 0.5) is 0 Å². The van der Waals surface area contributed by atoms with Gasteiger partial charge < -0.3 is 24.1 Å². The summed E-state index contributed by atoms with van der Waals surface area (Å²) in [6.07, 6.45) is 2.74. The summed E-state index contributed by atoms with van der Waals surface area (Å²) < 4.78 is 19.1. The molecule has 0 aliphatic carbocycles. The normalized spacial score (nSPS) is 10.0. The van der Waals surface area contributed by atoms with E-state index in [4.69, 9.17) is 18.9 Å². The van der Waals surface area contributed by atoms with Gasteiger partial charge in [-0.25, -0.2) is 0 Å². The van der Waals surface area contributed by atoms with Gasteiger partial charge in [0.05, 0.1) is 25.0 Å². The Kier molecular flexibility index (Phi) is 5.73. The van der Waals surface area contributed by atoms with E-state index in [1.807, 2.05) is 0 Å². The molecule has 0 aliphatic rings. The van der Waals surface area contributed by atoms with Crippen LogP contribution in [0.1, 0.15) is 0 Å². The van der Waals surface area contributed by atoms with Gasteiger partial charge in [-0.15, -0.1) is 0 Å². The Balaban J connectivity index is 4.76. The van der Waals surface area contributed by atoms with Gasteiger partial charge in [-0.1, -0.05) is 26.3 Å². The first-order valence-corrected chi connectivity index (χ1v) is 3.97. The van der Waals surface area contributed by atoms with Crippen molar-refractivity contribution >= 4 is 0 Å². The van der Waals surface area contributed by atoms with Crippen molar-refractivity contribution in [2.75, 3.05) is 0 Å². The number of hydrogen-bond donors (Lipinski definition) is 1. The second-order valence-corrected chi connectivity index (χ2v) is 2.14. The highest BCUT2D eigenvalue weighted by Gasteiger charge is 2.44. The molecule has 0 amide bonds. The van der Waals surface area contributed by atoms with Crippen LogP contribution in [0.3, 0.4) is 0 Å². The summed E-state index contributed by atoms with van der Waals surface area (Å²) in [5, 5.41) is 9.80. The van der Waals surface area contributed by atoms with E-state index in [2.05, 4.69) is 26.3 Å². The maximum Gasteiger partial charge on any atom is 0.447 e. The molecule has 0 rings (SSSR count). The van der Waals surface area contributed by atoms with Gasteiger partial charge in [0, 0.05) is 0 Å². The van der Waals surface area contributed by atoms with Crippen LogP contribution in [0.2, 0.25) is 0 Å². The summed E-state index contributed by atoms with van der Waals surface area (Å²) in [5.74, 6) is -2.20. The van der Waals surface area contributed by atoms with Gasteiger partial charge in [0.1, 0.15) is 0 Å². The molecule has 0 saturated carbocycles. The van der Waals surface area contributed by atoms with Crippen molar-refractivity contribution in [1.29, 1.82) is 0 Å². The lowest BCUT2D eigenvalue weighted by Gasteiger charge is -2.30. The lowest BCUT2D eigenvalue weighted by molar-refractivity contribution is -0.397. The first kappa shape index (κ1) is 13.1. The monoisotopic (exact) mass is 214 g/mol. The Hall–Kier alpha value is -1.88. The van der Waals surface area contributed by atoms with Gasteiger partial charge in [0.2, 0.25) is 0 Å². The SMILES string of the molecule is C=COC(OC=C)C(O)(OC=C)OC=C. The third-order valence-electron chi connectivity index (χ3n) is 1.24. The zero-order valence-corrected chi connectivity index (χ0v) is 8.30. The van der Waals surface area contributed by atoms with Crippen LogP contribution in [-0.4, -0.2) is 17.4 Å². The summed E-state index contributed by atoms with van der Waals surface area (Å²) in [4.78, 5) is 0. The highest BCUT2D eigenvalue weighted by atomic mass is 16.9. The minimum absolute atomic E-state index is 0.968. The van der Waals surface area contributed by atoms with E-state index in [-0.39, 0.29) is 0 Å². The van der Waals surface area contributed by atoms with Gasteiger partial charge in [0.25, 0.3) is 0 Å². The molecule has 0 aromatic heterocycles. The molecule has 0 heterocycles. The molecule has 84 valence electrons. The quantitative estimate of drug-likeness (QED) is 0.466. The van der Waals surface area contributed by atoms with Crippen LogP contribution < -0.4 is 0 Å². The average Bonchev–Trinajstić information content (AvgIpc) is 2.18. The summed E-state index contributed by atoms with van der Waals surface area (Å²) in [5.41, 5.74) is 0. The second kappa shape index (κ2) is 6.56. The van der Waals surface area contributed by atoms with Crippen molar-refractivity contribution in [1.82, 2.24) is 0 Å². The molecule has 1 N–H and O–H groups in total. The van der Waals surface area contributed by atoms with E-state index < -0.39 is 12.3 Å². The van der Waals surface area contributed by atoms with Crippen molar-refractivity contribution in [3.63, 3.8) is 0 Å². The van der Waals surface area contributed by atoms with Gasteiger partial charge >= 0.3 is 12.3 Å². The molecule has 0 fully saturated rings. The van der Waals surface area contributed by atoms with Gasteiger partial charge in [-0.05, 0) is 0 Å². The second-order valence-electron chi connectivity index (χ2n) is 2.14. The van der Waals surface area contributed by atoms with Crippen LogP contribution in [0.5, 0.6) is 0 Å². The maximum atomic E-state index is 9.80. The van der Waals surface area contributed by atoms with Crippen LogP contribution >= 0.6 is 0 Å². The van der Waals surface area contributed by atoms with Crippen LogP contribution in [0.15, 0.2) is 51.4 Å². The zero-order chi connectivity index (χ0) is 11.7. The van der Waals surface area contributed by atoms with Crippen molar-refractivity contribution in [2.45, 2.75) is 12.3 Å². The molecule has 0 unspecified atom stereocenters. The molecule has 15 heavy (non-hydrogen) atoms. The van der Waals surface area contributed by atoms with E-state index in [9.17, 15) is 5.11 Å². The van der Waals surface area contributed by atoms with Crippen LogP contribution in [-0.2, 0) is 18.9 Å². The average molecular weight is 214 g/mol. The molecule has 5 heteroatoms. The molecule has 0 saturated heterocycles. The van der Waals surface area contributed by atoms with E-state index in [1.165, 1.54) is 0 Å². The van der Waals surface area contributed by atoms with Crippen molar-refractivity contribution in [3.05, 3.63) is 51.4 Å². The highest BCUT2D eigenvalue weighted by Crippen LogP contribution is 2.20. The molecule has 5 nitrogen and oxygen atoms in total. The third kappa shape index (κ3) is 3.78. The van der Waals surface area contributed by atoms with E-state index in [0.29, 0.717) is 0 Å². The first-order chi connectivity index (χ1) is 7.14. The third-order valence-corrected chi connectivity index (χ3v) is 1.24. The number of aliphatic hydroxyl groups is 1. The number of hydrogen-bond acceptors (Lipinski definition) is 5. The van der Waals surface area contributed by atoms with Crippen molar-refractivity contribution < 1.29 is 24.1 Å². The topological polar surface area (TPSA) is 57.2 Å². The van der Waals surface area contributed by atoms with Crippen molar-refractivity contribution in [3.8, 4) is 0 Å². The standard InChI is InChI=1S/C10H14O5/c1-5-12-9(13-6-2)10(11,14-7-3)15-8-4/h5-9,11H,1-4H2. The molecule has 0 atom stereocenters.